The molecule has 0 bridgehead atoms. The molecule has 3 aromatic rings. The van der Waals surface area contributed by atoms with Crippen molar-refractivity contribution in [2.45, 2.75) is 38.1 Å². The number of hydrogen-bond acceptors (Lipinski definition) is 9. The molecule has 2 aromatic heterocycles. The summed E-state index contributed by atoms with van der Waals surface area (Å²) in [5, 5.41) is 7.01. The van der Waals surface area contributed by atoms with Crippen LogP contribution in [0.2, 0.25) is 0 Å². The third-order valence-electron chi connectivity index (χ3n) is 7.71. The van der Waals surface area contributed by atoms with Gasteiger partial charge in [-0.05, 0) is 37.1 Å². The van der Waals surface area contributed by atoms with E-state index in [1.165, 1.54) is 37.8 Å². The van der Waals surface area contributed by atoms with Gasteiger partial charge in [0.15, 0.2) is 17.0 Å². The van der Waals surface area contributed by atoms with Gasteiger partial charge in [-0.2, -0.15) is 9.97 Å². The summed E-state index contributed by atoms with van der Waals surface area (Å²) in [6, 6.07) is 8.96. The van der Waals surface area contributed by atoms with E-state index in [1.807, 2.05) is 6.33 Å². The van der Waals surface area contributed by atoms with Crippen molar-refractivity contribution in [3.05, 3.63) is 30.6 Å². The van der Waals surface area contributed by atoms with Gasteiger partial charge in [0.1, 0.15) is 0 Å². The Hall–Kier alpha value is -2.95. The van der Waals surface area contributed by atoms with Crippen LogP contribution < -0.4 is 15.5 Å². The molecule has 1 aliphatic carbocycles. The molecule has 37 heavy (non-hydrogen) atoms. The molecular formula is C27H38N8O2. The molecule has 0 unspecified atom stereocenters. The summed E-state index contributed by atoms with van der Waals surface area (Å²) >= 11 is 0. The van der Waals surface area contributed by atoms with Crippen LogP contribution in [0.1, 0.15) is 38.1 Å². The quantitative estimate of drug-likeness (QED) is 0.475. The number of nitrogens with zero attached hydrogens (tertiary/aromatic N) is 6. The van der Waals surface area contributed by atoms with Crippen LogP contribution in [0.3, 0.4) is 0 Å². The predicted octanol–water partition coefficient (Wildman–Crippen LogP) is 3.66. The fraction of sp³-hybridized carbons (Fsp3) is 0.593. The smallest absolute Gasteiger partial charge is 0.231 e. The van der Waals surface area contributed by atoms with E-state index in [1.54, 1.807) is 0 Å². The van der Waals surface area contributed by atoms with Crippen molar-refractivity contribution < 1.29 is 9.47 Å². The lowest BCUT2D eigenvalue weighted by Gasteiger charge is -2.28. The number of rotatable bonds is 8. The largest absolute Gasteiger partial charge is 0.379 e. The minimum absolute atomic E-state index is 0.454. The molecule has 3 fully saturated rings. The van der Waals surface area contributed by atoms with E-state index >= 15 is 0 Å². The standard InChI is InChI=1S/C27H38N8O2/c1-2-4-23(5-3-1)35-20-29-24-25(28-10-11-33-12-16-36-17-13-33)31-27(32-26(24)35)30-21-6-8-22(9-7-21)34-14-18-37-19-15-34/h6-9,20,23H,1-5,10-19H2,(H2,28,30,31,32). The molecule has 6 rings (SSSR count). The number of aromatic nitrogens is 4. The average molecular weight is 507 g/mol. The van der Waals surface area contributed by atoms with Gasteiger partial charge in [0.2, 0.25) is 5.95 Å². The maximum Gasteiger partial charge on any atom is 0.231 e. The van der Waals surface area contributed by atoms with Crippen LogP contribution >= 0.6 is 0 Å². The second kappa shape index (κ2) is 11.6. The van der Waals surface area contributed by atoms with Crippen molar-refractivity contribution >= 4 is 34.3 Å². The molecule has 0 radical (unpaired) electrons. The highest BCUT2D eigenvalue weighted by molar-refractivity contribution is 5.85. The normalized spacial score (nSPS) is 19.8. The fourth-order valence-corrected chi connectivity index (χ4v) is 5.59. The molecule has 0 amide bonds. The maximum absolute atomic E-state index is 5.49. The molecule has 4 heterocycles. The number of anilines is 4. The van der Waals surface area contributed by atoms with Crippen molar-refractivity contribution in [1.82, 2.24) is 24.4 Å². The van der Waals surface area contributed by atoms with Gasteiger partial charge in [-0.1, -0.05) is 19.3 Å². The van der Waals surface area contributed by atoms with Crippen LogP contribution in [-0.2, 0) is 9.47 Å². The van der Waals surface area contributed by atoms with Crippen molar-refractivity contribution in [2.24, 2.45) is 0 Å². The highest BCUT2D eigenvalue weighted by Crippen LogP contribution is 2.32. The number of benzene rings is 1. The van der Waals surface area contributed by atoms with Gasteiger partial charge < -0.3 is 29.6 Å². The molecular weight excluding hydrogens is 468 g/mol. The van der Waals surface area contributed by atoms with Crippen LogP contribution in [0.25, 0.3) is 11.2 Å². The number of imidazole rings is 1. The number of ether oxygens (including phenoxy) is 2. The lowest BCUT2D eigenvalue weighted by atomic mass is 9.95. The zero-order chi connectivity index (χ0) is 24.9. The Morgan fingerprint density at radius 3 is 2.35 bits per heavy atom. The number of hydrogen-bond donors (Lipinski definition) is 2. The number of nitrogens with one attached hydrogen (secondary N) is 2. The maximum atomic E-state index is 5.49. The number of fused-ring (bicyclic) bond motifs is 1. The molecule has 0 spiro atoms. The van der Waals surface area contributed by atoms with Crippen LogP contribution in [0.4, 0.5) is 23.1 Å². The molecule has 2 N–H and O–H groups in total. The van der Waals surface area contributed by atoms with Gasteiger partial charge in [0.05, 0.1) is 32.8 Å². The lowest BCUT2D eigenvalue weighted by Crippen LogP contribution is -2.39. The van der Waals surface area contributed by atoms with Crippen LogP contribution in [0, 0.1) is 0 Å². The summed E-state index contributed by atoms with van der Waals surface area (Å²) in [4.78, 5) is 19.4. The summed E-state index contributed by atoms with van der Waals surface area (Å²) in [6.45, 7) is 8.74. The minimum Gasteiger partial charge on any atom is -0.379 e. The Bertz CT molecular complexity index is 1150. The third kappa shape index (κ3) is 5.81. The van der Waals surface area contributed by atoms with Gasteiger partial charge >= 0.3 is 0 Å². The van der Waals surface area contributed by atoms with Crippen LogP contribution in [-0.4, -0.2) is 90.1 Å². The van der Waals surface area contributed by atoms with Crippen LogP contribution in [0.15, 0.2) is 30.6 Å². The number of morpholine rings is 2. The molecule has 2 saturated heterocycles. The van der Waals surface area contributed by atoms with E-state index in [0.717, 1.165) is 88.4 Å². The summed E-state index contributed by atoms with van der Waals surface area (Å²) in [7, 11) is 0. The van der Waals surface area contributed by atoms with Gasteiger partial charge in [-0.25, -0.2) is 4.98 Å². The molecule has 3 aliphatic rings. The molecule has 10 heteroatoms. The second-order valence-electron chi connectivity index (χ2n) is 10.2. The molecule has 198 valence electrons. The molecule has 1 aromatic carbocycles. The minimum atomic E-state index is 0.454. The van der Waals surface area contributed by atoms with Crippen molar-refractivity contribution in [2.75, 3.05) is 81.2 Å². The summed E-state index contributed by atoms with van der Waals surface area (Å²) in [5.74, 6) is 1.39. The molecule has 10 nitrogen and oxygen atoms in total. The van der Waals surface area contributed by atoms with Crippen molar-refractivity contribution in [1.29, 1.82) is 0 Å². The van der Waals surface area contributed by atoms with Gasteiger partial charge in [0, 0.05) is 56.7 Å². The summed E-state index contributed by atoms with van der Waals surface area (Å²) in [6.07, 6.45) is 8.17. The lowest BCUT2D eigenvalue weighted by molar-refractivity contribution is 0.0398. The van der Waals surface area contributed by atoms with Gasteiger partial charge in [-0.15, -0.1) is 0 Å². The zero-order valence-electron chi connectivity index (χ0n) is 21.6. The highest BCUT2D eigenvalue weighted by Gasteiger charge is 2.21. The first-order chi connectivity index (χ1) is 18.3. The topological polar surface area (TPSA) is 92.6 Å². The zero-order valence-corrected chi connectivity index (χ0v) is 21.6. The highest BCUT2D eigenvalue weighted by atomic mass is 16.5. The molecule has 1 saturated carbocycles. The van der Waals surface area contributed by atoms with Gasteiger partial charge in [-0.3, -0.25) is 4.90 Å². The van der Waals surface area contributed by atoms with E-state index in [0.29, 0.717) is 12.0 Å². The first-order valence-electron chi connectivity index (χ1n) is 13.8. The Labute approximate surface area is 218 Å². The van der Waals surface area contributed by atoms with E-state index in [-0.39, 0.29) is 0 Å². The van der Waals surface area contributed by atoms with E-state index in [4.69, 9.17) is 24.4 Å². The first-order valence-corrected chi connectivity index (χ1v) is 13.8. The first kappa shape index (κ1) is 24.4. The monoisotopic (exact) mass is 506 g/mol. The van der Waals surface area contributed by atoms with Gasteiger partial charge in [0.25, 0.3) is 0 Å². The van der Waals surface area contributed by atoms with E-state index in [9.17, 15) is 0 Å². The summed E-state index contributed by atoms with van der Waals surface area (Å²) < 4.78 is 13.2. The molecule has 0 atom stereocenters. The van der Waals surface area contributed by atoms with E-state index in [2.05, 4.69) is 49.3 Å². The SMILES string of the molecule is c1cc(N2CCOCC2)ccc1Nc1nc(NCCN2CCOCC2)c2ncn(C3CCCCC3)c2n1. The fourth-order valence-electron chi connectivity index (χ4n) is 5.59. The Balaban J connectivity index is 1.23. The summed E-state index contributed by atoms with van der Waals surface area (Å²) in [5.41, 5.74) is 3.94. The Morgan fingerprint density at radius 1 is 0.865 bits per heavy atom. The second-order valence-corrected chi connectivity index (χ2v) is 10.2. The predicted molar refractivity (Wildman–Crippen MR) is 146 cm³/mol. The molecule has 2 aliphatic heterocycles. The van der Waals surface area contributed by atoms with E-state index < -0.39 is 0 Å². The average Bonchev–Trinajstić information content (AvgIpc) is 3.39. The Kier molecular flexibility index (Phi) is 7.66. The van der Waals surface area contributed by atoms with Crippen molar-refractivity contribution in [3.8, 4) is 0 Å². The third-order valence-corrected chi connectivity index (χ3v) is 7.71. The van der Waals surface area contributed by atoms with Crippen LogP contribution in [0.5, 0.6) is 0 Å². The van der Waals surface area contributed by atoms with Crippen molar-refractivity contribution in [3.63, 3.8) is 0 Å². The Morgan fingerprint density at radius 2 is 1.59 bits per heavy atom.